The smallest absolute Gasteiger partial charge is 0.268 e. The van der Waals surface area contributed by atoms with E-state index in [2.05, 4.69) is 25.8 Å². The fraction of sp³-hybridized carbons (Fsp3) is 0.406. The number of benzene rings is 2. The predicted octanol–water partition coefficient (Wildman–Crippen LogP) is 4.02. The van der Waals surface area contributed by atoms with E-state index in [0.29, 0.717) is 25.3 Å². The van der Waals surface area contributed by atoms with Gasteiger partial charge in [0.1, 0.15) is 16.9 Å². The highest BCUT2D eigenvalue weighted by Gasteiger charge is 2.37. The molecule has 4 aliphatic heterocycles. The van der Waals surface area contributed by atoms with Gasteiger partial charge in [-0.2, -0.15) is 0 Å². The number of likely N-dealkylation sites (tertiary alicyclic amines) is 1. The van der Waals surface area contributed by atoms with Crippen LogP contribution >= 0.6 is 11.3 Å². The Balaban J connectivity index is 1.22. The molecule has 1 atom stereocenters. The number of nitrogens with zero attached hydrogens (tertiary/aromatic N) is 6. The molecule has 0 N–H and O–H groups in total. The maximum Gasteiger partial charge on any atom is 0.268 e. The number of hydrogen-bond donors (Lipinski definition) is 0. The van der Waals surface area contributed by atoms with Gasteiger partial charge in [-0.05, 0) is 24.6 Å². The molecule has 0 radical (unpaired) electrons. The molecule has 10 nitrogen and oxygen atoms in total. The van der Waals surface area contributed by atoms with E-state index in [0.717, 1.165) is 80.0 Å². The van der Waals surface area contributed by atoms with E-state index >= 15 is 0 Å². The van der Waals surface area contributed by atoms with Gasteiger partial charge in [0, 0.05) is 57.1 Å². The largest absolute Gasteiger partial charge is 0.379 e. The molecular weight excluding hydrogens is 597 g/mol. The van der Waals surface area contributed by atoms with Crippen LogP contribution in [0.25, 0.3) is 16.6 Å². The lowest BCUT2D eigenvalue weighted by molar-refractivity contribution is -0.0547. The maximum atomic E-state index is 13.9. The Hall–Kier alpha value is -3.26. The Kier molecular flexibility index (Phi) is 7.44. The van der Waals surface area contributed by atoms with Gasteiger partial charge >= 0.3 is 0 Å². The van der Waals surface area contributed by atoms with Crippen LogP contribution in [0.4, 0.5) is 5.69 Å². The van der Waals surface area contributed by atoms with E-state index in [1.807, 2.05) is 30.3 Å². The molecule has 8 rings (SSSR count). The molecule has 2 aromatic heterocycles. The van der Waals surface area contributed by atoms with Crippen molar-refractivity contribution in [2.75, 3.05) is 70.6 Å². The van der Waals surface area contributed by atoms with Crippen LogP contribution in [-0.2, 0) is 26.0 Å². The minimum atomic E-state index is -3.79. The summed E-state index contributed by atoms with van der Waals surface area (Å²) in [7, 11) is -3.79. The summed E-state index contributed by atoms with van der Waals surface area (Å²) >= 11 is 1.79. The van der Waals surface area contributed by atoms with E-state index < -0.39 is 10.0 Å². The predicted molar refractivity (Wildman–Crippen MR) is 171 cm³/mol. The van der Waals surface area contributed by atoms with Crippen LogP contribution in [0.3, 0.4) is 0 Å². The molecule has 0 aliphatic carbocycles. The Bertz CT molecular complexity index is 1790. The van der Waals surface area contributed by atoms with Gasteiger partial charge in [0.2, 0.25) is 0 Å². The van der Waals surface area contributed by atoms with Gasteiger partial charge in [0.05, 0.1) is 59.6 Å². The summed E-state index contributed by atoms with van der Waals surface area (Å²) in [5.41, 5.74) is 3.64. The number of morpholine rings is 2. The highest BCUT2D eigenvalue weighted by Crippen LogP contribution is 2.42. The summed E-state index contributed by atoms with van der Waals surface area (Å²) in [5, 5.41) is 2.02. The minimum Gasteiger partial charge on any atom is -0.379 e. The Morgan fingerprint density at radius 1 is 0.818 bits per heavy atom. The number of ether oxygens (including phenoxy) is 2. The van der Waals surface area contributed by atoms with Crippen LogP contribution in [0.2, 0.25) is 0 Å². The third kappa shape index (κ3) is 4.93. The lowest BCUT2D eigenvalue weighted by Gasteiger charge is -2.44. The van der Waals surface area contributed by atoms with Crippen molar-refractivity contribution < 1.29 is 17.9 Å². The first-order chi connectivity index (χ1) is 21.6. The van der Waals surface area contributed by atoms with Gasteiger partial charge in [0.15, 0.2) is 0 Å². The van der Waals surface area contributed by atoms with Crippen molar-refractivity contribution in [2.45, 2.75) is 24.0 Å². The summed E-state index contributed by atoms with van der Waals surface area (Å²) in [4.78, 5) is 16.5. The van der Waals surface area contributed by atoms with Crippen LogP contribution in [0.1, 0.15) is 28.2 Å². The summed E-state index contributed by atoms with van der Waals surface area (Å²) in [6.07, 6.45) is 5.32. The zero-order chi connectivity index (χ0) is 29.7. The van der Waals surface area contributed by atoms with Gasteiger partial charge in [-0.1, -0.05) is 36.4 Å². The maximum absolute atomic E-state index is 13.9. The van der Waals surface area contributed by atoms with Crippen LogP contribution < -0.4 is 4.90 Å². The highest BCUT2D eigenvalue weighted by atomic mass is 32.2. The van der Waals surface area contributed by atoms with Gasteiger partial charge < -0.3 is 19.3 Å². The number of aromatic nitrogens is 2. The zero-order valence-corrected chi connectivity index (χ0v) is 26.2. The molecule has 4 aromatic rings. The van der Waals surface area contributed by atoms with Crippen molar-refractivity contribution in [3.05, 3.63) is 82.6 Å². The summed E-state index contributed by atoms with van der Waals surface area (Å²) < 4.78 is 40.6. The van der Waals surface area contributed by atoms with Crippen molar-refractivity contribution in [1.82, 2.24) is 23.7 Å². The second-order valence-corrected chi connectivity index (χ2v) is 14.6. The minimum absolute atomic E-state index is 0.153. The Morgan fingerprint density at radius 3 is 2.23 bits per heavy atom. The van der Waals surface area contributed by atoms with Gasteiger partial charge in [-0.15, -0.1) is 11.3 Å². The van der Waals surface area contributed by atoms with E-state index in [9.17, 15) is 8.42 Å². The molecule has 3 saturated heterocycles. The van der Waals surface area contributed by atoms with E-state index in [1.54, 1.807) is 41.8 Å². The fourth-order valence-electron chi connectivity index (χ4n) is 6.60. The molecule has 0 bridgehead atoms. The number of para-hydroxylation sites is 1. The SMILES string of the molecule is O=S(=O)(c1ccccc1)n1cc(N2C=C(N3CCOCC3)c3nc(C(N4CCC4)N4CCOCC4)sc3C2)c2ccccc21. The lowest BCUT2D eigenvalue weighted by atomic mass is 10.1. The average molecular weight is 633 g/mol. The fourth-order valence-corrected chi connectivity index (χ4v) is 9.23. The van der Waals surface area contributed by atoms with Crippen molar-refractivity contribution in [2.24, 2.45) is 0 Å². The van der Waals surface area contributed by atoms with E-state index in [1.165, 1.54) is 15.3 Å². The molecule has 230 valence electrons. The van der Waals surface area contributed by atoms with Gasteiger partial charge in [-0.3, -0.25) is 9.80 Å². The Labute approximate surface area is 261 Å². The van der Waals surface area contributed by atoms with E-state index in [-0.39, 0.29) is 11.1 Å². The molecule has 4 aliphatic rings. The third-order valence-electron chi connectivity index (χ3n) is 9.02. The first-order valence-corrected chi connectivity index (χ1v) is 17.6. The van der Waals surface area contributed by atoms with Crippen LogP contribution in [0.15, 0.2) is 71.9 Å². The van der Waals surface area contributed by atoms with Crippen LogP contribution in [0, 0.1) is 0 Å². The van der Waals surface area contributed by atoms with Crippen LogP contribution in [-0.4, -0.2) is 97.8 Å². The molecule has 0 amide bonds. The third-order valence-corrected chi connectivity index (χ3v) is 11.8. The molecular formula is C32H36N6O4S2. The number of anilines is 1. The van der Waals surface area contributed by atoms with Crippen molar-refractivity contribution >= 4 is 43.6 Å². The van der Waals surface area contributed by atoms with Crippen molar-refractivity contribution in [3.63, 3.8) is 0 Å². The van der Waals surface area contributed by atoms with Gasteiger partial charge in [-0.25, -0.2) is 17.4 Å². The molecule has 12 heteroatoms. The first-order valence-electron chi connectivity index (χ1n) is 15.4. The topological polar surface area (TPSA) is 83.4 Å². The van der Waals surface area contributed by atoms with Crippen molar-refractivity contribution in [1.29, 1.82) is 0 Å². The second-order valence-electron chi connectivity index (χ2n) is 11.6. The van der Waals surface area contributed by atoms with Gasteiger partial charge in [0.25, 0.3) is 10.0 Å². The van der Waals surface area contributed by atoms with Crippen LogP contribution in [0.5, 0.6) is 0 Å². The highest BCUT2D eigenvalue weighted by molar-refractivity contribution is 7.90. The number of hydrogen-bond acceptors (Lipinski definition) is 10. The summed E-state index contributed by atoms with van der Waals surface area (Å²) in [6.45, 7) is 9.00. The number of thiazole rings is 1. The summed E-state index contributed by atoms with van der Waals surface area (Å²) in [5.74, 6) is 0. The molecule has 2 aromatic carbocycles. The first kappa shape index (κ1) is 28.2. The standard InChI is InChI=1S/C32H36N6O4S2/c39-44(40,24-7-2-1-3-8-24)38-22-27(25-9-4-5-10-26(25)38)37-21-28(34-13-17-41-18-14-34)30-29(23-37)43-31(33-30)32(35-11-6-12-35)36-15-19-42-20-16-36/h1-5,7-10,21-22,32H,6,11-20,23H2. The monoisotopic (exact) mass is 632 g/mol. The molecule has 0 spiro atoms. The zero-order valence-electron chi connectivity index (χ0n) is 24.5. The number of rotatable bonds is 7. The Morgan fingerprint density at radius 2 is 1.50 bits per heavy atom. The molecule has 44 heavy (non-hydrogen) atoms. The normalized spacial score (nSPS) is 20.8. The molecule has 6 heterocycles. The summed E-state index contributed by atoms with van der Waals surface area (Å²) in [6, 6.07) is 16.4. The lowest BCUT2D eigenvalue weighted by Crippen LogP contribution is -2.51. The van der Waals surface area contributed by atoms with E-state index in [4.69, 9.17) is 14.5 Å². The molecule has 1 unspecified atom stereocenters. The molecule has 0 saturated carbocycles. The number of fused-ring (bicyclic) bond motifs is 2. The second kappa shape index (κ2) is 11.6. The average Bonchev–Trinajstić information content (AvgIpc) is 3.66. The van der Waals surface area contributed by atoms with Crippen molar-refractivity contribution in [3.8, 4) is 0 Å². The molecule has 3 fully saturated rings. The quantitative estimate of drug-likeness (QED) is 0.300.